The van der Waals surface area contributed by atoms with E-state index in [1.54, 1.807) is 16.6 Å². The van der Waals surface area contributed by atoms with Crippen LogP contribution < -0.4 is 5.32 Å². The van der Waals surface area contributed by atoms with Crippen LogP contribution in [0.1, 0.15) is 31.1 Å². The maximum Gasteiger partial charge on any atom is 0.317 e. The van der Waals surface area contributed by atoms with Gasteiger partial charge in [-0.15, -0.1) is 11.3 Å². The maximum atomic E-state index is 12.1. The van der Waals surface area contributed by atoms with Crippen molar-refractivity contribution in [2.24, 2.45) is 5.41 Å². The van der Waals surface area contributed by atoms with Gasteiger partial charge >= 0.3 is 12.0 Å². The van der Waals surface area contributed by atoms with E-state index >= 15 is 0 Å². The third-order valence-corrected chi connectivity index (χ3v) is 4.50. The number of carbonyl (C=O) groups is 2. The molecule has 1 atom stereocenters. The first kappa shape index (κ1) is 14.8. The number of nitrogens with one attached hydrogen (secondary N) is 1. The topological polar surface area (TPSA) is 82.5 Å². The van der Waals surface area contributed by atoms with Gasteiger partial charge in [0, 0.05) is 24.2 Å². The molecular formula is C13H19N3O3S. The number of carbonyl (C=O) groups excluding carboxylic acids is 1. The Kier molecular flexibility index (Phi) is 4.59. The van der Waals surface area contributed by atoms with Crippen LogP contribution in [0.25, 0.3) is 0 Å². The second-order valence-electron chi connectivity index (χ2n) is 5.13. The maximum absolute atomic E-state index is 12.1. The van der Waals surface area contributed by atoms with E-state index in [1.807, 2.05) is 6.92 Å². The summed E-state index contributed by atoms with van der Waals surface area (Å²) in [4.78, 5) is 30.1. The lowest BCUT2D eigenvalue weighted by atomic mass is 9.83. The van der Waals surface area contributed by atoms with Crippen LogP contribution in [-0.4, -0.2) is 40.1 Å². The lowest BCUT2D eigenvalue weighted by Gasteiger charge is -2.24. The molecule has 7 heteroatoms. The van der Waals surface area contributed by atoms with E-state index in [0.29, 0.717) is 32.5 Å². The van der Waals surface area contributed by atoms with Gasteiger partial charge in [0.2, 0.25) is 0 Å². The number of amides is 2. The SMILES string of the molecule is CCCC1(C(=O)O)CCN(C(=O)NCc2cncs2)C1. The molecule has 2 amide bonds. The standard InChI is InChI=1S/C13H19N3O3S/c1-2-3-13(11(17)18)4-5-16(8-13)12(19)15-7-10-6-14-9-20-10/h6,9H,2-5,7-8H2,1H3,(H,15,19)(H,17,18). The highest BCUT2D eigenvalue weighted by atomic mass is 32.1. The zero-order chi connectivity index (χ0) is 14.6. The third kappa shape index (κ3) is 3.09. The van der Waals surface area contributed by atoms with Crippen LogP contribution in [0.5, 0.6) is 0 Å². The number of hydrogen-bond donors (Lipinski definition) is 2. The number of rotatable bonds is 5. The molecule has 2 N–H and O–H groups in total. The molecule has 1 fully saturated rings. The summed E-state index contributed by atoms with van der Waals surface area (Å²) in [6.45, 7) is 3.20. The van der Waals surface area contributed by atoms with Crippen molar-refractivity contribution in [1.29, 1.82) is 0 Å². The number of likely N-dealkylation sites (tertiary alicyclic amines) is 1. The predicted molar refractivity (Wildman–Crippen MR) is 75.5 cm³/mol. The minimum Gasteiger partial charge on any atom is -0.481 e. The van der Waals surface area contributed by atoms with Crippen molar-refractivity contribution in [3.05, 3.63) is 16.6 Å². The summed E-state index contributed by atoms with van der Waals surface area (Å²) in [7, 11) is 0. The second-order valence-corrected chi connectivity index (χ2v) is 6.10. The summed E-state index contributed by atoms with van der Waals surface area (Å²) >= 11 is 1.48. The zero-order valence-electron chi connectivity index (χ0n) is 11.5. The first-order valence-corrected chi connectivity index (χ1v) is 7.59. The summed E-state index contributed by atoms with van der Waals surface area (Å²) in [6.07, 6.45) is 3.67. The molecule has 1 saturated heterocycles. The minimum atomic E-state index is -0.794. The molecule has 1 aliphatic rings. The van der Waals surface area contributed by atoms with Gasteiger partial charge in [-0.2, -0.15) is 0 Å². The smallest absolute Gasteiger partial charge is 0.317 e. The molecule has 1 aromatic heterocycles. The molecule has 6 nitrogen and oxygen atoms in total. The molecule has 0 aromatic carbocycles. The van der Waals surface area contributed by atoms with E-state index in [0.717, 1.165) is 11.3 Å². The van der Waals surface area contributed by atoms with E-state index < -0.39 is 11.4 Å². The molecule has 20 heavy (non-hydrogen) atoms. The molecule has 0 bridgehead atoms. The Morgan fingerprint density at radius 2 is 2.40 bits per heavy atom. The zero-order valence-corrected chi connectivity index (χ0v) is 12.3. The van der Waals surface area contributed by atoms with Gasteiger partial charge in [-0.25, -0.2) is 4.79 Å². The Morgan fingerprint density at radius 3 is 3.00 bits per heavy atom. The van der Waals surface area contributed by atoms with E-state index in [2.05, 4.69) is 10.3 Å². The monoisotopic (exact) mass is 297 g/mol. The number of carboxylic acids is 1. The van der Waals surface area contributed by atoms with Crippen LogP contribution in [0.4, 0.5) is 4.79 Å². The number of hydrogen-bond acceptors (Lipinski definition) is 4. The lowest BCUT2D eigenvalue weighted by Crippen LogP contribution is -2.41. The summed E-state index contributed by atoms with van der Waals surface area (Å²) in [6, 6.07) is -0.197. The number of aliphatic carboxylic acids is 1. The van der Waals surface area contributed by atoms with Crippen LogP contribution in [0.2, 0.25) is 0 Å². The molecule has 0 aliphatic carbocycles. The molecule has 1 aromatic rings. The number of carboxylic acid groups (broad SMARTS) is 1. The van der Waals surface area contributed by atoms with Gasteiger partial charge in [0.05, 0.1) is 17.5 Å². The number of urea groups is 1. The van der Waals surface area contributed by atoms with Crippen molar-refractivity contribution in [3.8, 4) is 0 Å². The summed E-state index contributed by atoms with van der Waals surface area (Å²) in [5, 5.41) is 12.2. The third-order valence-electron chi connectivity index (χ3n) is 3.72. The van der Waals surface area contributed by atoms with Crippen LogP contribution in [0.3, 0.4) is 0 Å². The van der Waals surface area contributed by atoms with Crippen molar-refractivity contribution < 1.29 is 14.7 Å². The Morgan fingerprint density at radius 1 is 1.60 bits per heavy atom. The number of thiazole rings is 1. The highest BCUT2D eigenvalue weighted by Gasteiger charge is 2.45. The Balaban J connectivity index is 1.90. The molecular weight excluding hydrogens is 278 g/mol. The summed E-state index contributed by atoms with van der Waals surface area (Å²) in [5.74, 6) is -0.794. The van der Waals surface area contributed by atoms with Gasteiger partial charge in [-0.05, 0) is 12.8 Å². The van der Waals surface area contributed by atoms with Crippen LogP contribution in [0.15, 0.2) is 11.7 Å². The largest absolute Gasteiger partial charge is 0.481 e. The van der Waals surface area contributed by atoms with E-state index in [9.17, 15) is 14.7 Å². The van der Waals surface area contributed by atoms with Gasteiger partial charge in [0.15, 0.2) is 0 Å². The predicted octanol–water partition coefficient (Wildman–Crippen LogP) is 1.93. The molecule has 110 valence electrons. The first-order chi connectivity index (χ1) is 9.57. The van der Waals surface area contributed by atoms with E-state index in [4.69, 9.17) is 0 Å². The number of aromatic nitrogens is 1. The van der Waals surface area contributed by atoms with E-state index in [1.165, 1.54) is 11.3 Å². The van der Waals surface area contributed by atoms with Crippen LogP contribution >= 0.6 is 11.3 Å². The second kappa shape index (κ2) is 6.21. The quantitative estimate of drug-likeness (QED) is 0.870. The molecule has 2 heterocycles. The molecule has 0 saturated carbocycles. The van der Waals surface area contributed by atoms with Crippen molar-refractivity contribution in [2.45, 2.75) is 32.7 Å². The summed E-state index contributed by atoms with van der Waals surface area (Å²) in [5.41, 5.74) is 0.949. The Bertz CT molecular complexity index is 477. The lowest BCUT2D eigenvalue weighted by molar-refractivity contribution is -0.148. The van der Waals surface area contributed by atoms with Gasteiger partial charge in [0.25, 0.3) is 0 Å². The Labute approximate surface area is 121 Å². The van der Waals surface area contributed by atoms with Gasteiger partial charge in [-0.3, -0.25) is 9.78 Å². The number of nitrogens with zero attached hydrogens (tertiary/aromatic N) is 2. The fourth-order valence-corrected chi connectivity index (χ4v) is 3.15. The van der Waals surface area contributed by atoms with Gasteiger partial charge in [-0.1, -0.05) is 13.3 Å². The van der Waals surface area contributed by atoms with Crippen LogP contribution in [-0.2, 0) is 11.3 Å². The van der Waals surface area contributed by atoms with E-state index in [-0.39, 0.29) is 6.03 Å². The summed E-state index contributed by atoms with van der Waals surface area (Å²) < 4.78 is 0. The van der Waals surface area contributed by atoms with Crippen molar-refractivity contribution in [2.75, 3.05) is 13.1 Å². The van der Waals surface area contributed by atoms with Crippen molar-refractivity contribution >= 4 is 23.3 Å². The normalized spacial score (nSPS) is 21.9. The average molecular weight is 297 g/mol. The highest BCUT2D eigenvalue weighted by molar-refractivity contribution is 7.09. The van der Waals surface area contributed by atoms with Gasteiger partial charge in [0.1, 0.15) is 0 Å². The molecule has 1 aliphatic heterocycles. The Hall–Kier alpha value is -1.63. The fraction of sp³-hybridized carbons (Fsp3) is 0.615. The van der Waals surface area contributed by atoms with Crippen molar-refractivity contribution in [3.63, 3.8) is 0 Å². The molecule has 0 radical (unpaired) electrons. The highest BCUT2D eigenvalue weighted by Crippen LogP contribution is 2.35. The van der Waals surface area contributed by atoms with Gasteiger partial charge < -0.3 is 15.3 Å². The fourth-order valence-electron chi connectivity index (χ4n) is 2.61. The first-order valence-electron chi connectivity index (χ1n) is 6.71. The molecule has 1 unspecified atom stereocenters. The molecule has 2 rings (SSSR count). The van der Waals surface area contributed by atoms with Crippen LogP contribution in [0, 0.1) is 5.41 Å². The molecule has 0 spiro atoms. The minimum absolute atomic E-state index is 0.197. The average Bonchev–Trinajstić information content (AvgIpc) is 3.06. The van der Waals surface area contributed by atoms with Crippen molar-refractivity contribution in [1.82, 2.24) is 15.2 Å².